The van der Waals surface area contributed by atoms with Crippen LogP contribution < -0.4 is 10.1 Å². The van der Waals surface area contributed by atoms with Crippen molar-refractivity contribution in [3.8, 4) is 17.0 Å². The minimum Gasteiger partial charge on any atom is -0.483 e. The monoisotopic (exact) mass is 514 g/mol. The number of ether oxygens (including phenoxy) is 1. The highest BCUT2D eigenvalue weighted by Crippen LogP contribution is 2.32. The first-order valence-electron chi connectivity index (χ1n) is 7.53. The minimum absolute atomic E-state index is 0.106. The quantitative estimate of drug-likeness (QED) is 0.432. The third-order valence-electron chi connectivity index (χ3n) is 3.39. The number of amides is 1. The van der Waals surface area contributed by atoms with Gasteiger partial charge in [0.05, 0.1) is 10.2 Å². The molecule has 0 aliphatic carbocycles. The summed E-state index contributed by atoms with van der Waals surface area (Å²) < 4.78 is 7.24. The van der Waals surface area contributed by atoms with Gasteiger partial charge in [0.25, 0.3) is 5.91 Å². The van der Waals surface area contributed by atoms with E-state index in [9.17, 15) is 4.79 Å². The summed E-state index contributed by atoms with van der Waals surface area (Å²) in [4.78, 5) is 17.7. The molecule has 3 rings (SSSR count). The number of hydrogen-bond acceptors (Lipinski definition) is 4. The number of hydrogen-bond donors (Lipinski definition) is 1. The van der Waals surface area contributed by atoms with Crippen molar-refractivity contribution < 1.29 is 9.53 Å². The predicted octanol–water partition coefficient (Wildman–Crippen LogP) is 6.31. The Bertz CT molecular complexity index is 962. The van der Waals surface area contributed by atoms with Crippen LogP contribution in [0.3, 0.4) is 0 Å². The Morgan fingerprint density at radius 2 is 2.08 bits per heavy atom. The average molecular weight is 517 g/mol. The molecule has 0 aliphatic heterocycles. The van der Waals surface area contributed by atoms with Crippen LogP contribution in [0.25, 0.3) is 11.3 Å². The zero-order valence-corrected chi connectivity index (χ0v) is 18.3. The summed E-state index contributed by atoms with van der Waals surface area (Å²) in [5.41, 5.74) is 1.73. The number of nitrogens with zero attached hydrogens (tertiary/aromatic N) is 1. The standard InChI is InChI=1S/C18H13Br2ClN2O2S/c1-10-17(11-3-2-4-13(21)7-11)23-18(26-10)22-16(24)9-25-15-6-5-12(19)8-14(15)20/h2-8H,9H2,1H3,(H,22,23,24). The van der Waals surface area contributed by atoms with Gasteiger partial charge in [-0.05, 0) is 53.2 Å². The van der Waals surface area contributed by atoms with Crippen LogP contribution in [0.4, 0.5) is 5.13 Å². The van der Waals surface area contributed by atoms with E-state index in [0.717, 1.165) is 25.1 Å². The molecule has 26 heavy (non-hydrogen) atoms. The lowest BCUT2D eigenvalue weighted by molar-refractivity contribution is -0.118. The number of carbonyl (C=O) groups is 1. The Balaban J connectivity index is 1.65. The molecule has 1 amide bonds. The normalized spacial score (nSPS) is 10.6. The molecule has 0 aliphatic rings. The number of nitrogens with one attached hydrogen (secondary N) is 1. The second-order valence-corrected chi connectivity index (χ2v) is 8.76. The number of halogens is 3. The van der Waals surface area contributed by atoms with Crippen LogP contribution in [0.1, 0.15) is 4.88 Å². The molecule has 2 aromatic carbocycles. The second kappa shape index (κ2) is 8.52. The third-order valence-corrected chi connectivity index (χ3v) is 5.63. The van der Waals surface area contributed by atoms with Gasteiger partial charge in [0, 0.05) is 19.9 Å². The molecule has 0 fully saturated rings. The zero-order chi connectivity index (χ0) is 18.7. The SMILES string of the molecule is Cc1sc(NC(=O)COc2ccc(Br)cc2Br)nc1-c1cccc(Cl)c1. The Labute approximate surface area is 176 Å². The maximum atomic E-state index is 12.2. The van der Waals surface area contributed by atoms with Crippen molar-refractivity contribution in [3.63, 3.8) is 0 Å². The molecule has 0 atom stereocenters. The van der Waals surface area contributed by atoms with Crippen molar-refractivity contribution in [1.29, 1.82) is 0 Å². The first-order chi connectivity index (χ1) is 12.4. The average Bonchev–Trinajstić information content (AvgIpc) is 2.94. The van der Waals surface area contributed by atoms with Crippen molar-refractivity contribution in [1.82, 2.24) is 4.98 Å². The molecule has 0 bridgehead atoms. The van der Waals surface area contributed by atoms with Gasteiger partial charge in [-0.2, -0.15) is 0 Å². The predicted molar refractivity (Wildman–Crippen MR) is 113 cm³/mol. The van der Waals surface area contributed by atoms with Gasteiger partial charge in [-0.25, -0.2) is 4.98 Å². The van der Waals surface area contributed by atoms with Crippen molar-refractivity contribution in [2.75, 3.05) is 11.9 Å². The highest BCUT2D eigenvalue weighted by molar-refractivity contribution is 9.11. The minimum atomic E-state index is -0.272. The molecule has 4 nitrogen and oxygen atoms in total. The Kier molecular flexibility index (Phi) is 6.34. The summed E-state index contributed by atoms with van der Waals surface area (Å²) in [5.74, 6) is 0.324. The van der Waals surface area contributed by atoms with Crippen LogP contribution in [0, 0.1) is 6.92 Å². The highest BCUT2D eigenvalue weighted by atomic mass is 79.9. The topological polar surface area (TPSA) is 51.2 Å². The number of anilines is 1. The van der Waals surface area contributed by atoms with Crippen LogP contribution in [-0.2, 0) is 4.79 Å². The van der Waals surface area contributed by atoms with E-state index in [4.69, 9.17) is 16.3 Å². The molecule has 0 unspecified atom stereocenters. The molecule has 134 valence electrons. The van der Waals surface area contributed by atoms with Crippen LogP contribution in [0.15, 0.2) is 51.4 Å². The van der Waals surface area contributed by atoms with Crippen molar-refractivity contribution in [3.05, 3.63) is 61.3 Å². The molecular formula is C18H13Br2ClN2O2S. The Morgan fingerprint density at radius 1 is 1.27 bits per heavy atom. The summed E-state index contributed by atoms with van der Waals surface area (Å²) in [7, 11) is 0. The molecule has 8 heteroatoms. The number of thiazole rings is 1. The lowest BCUT2D eigenvalue weighted by Crippen LogP contribution is -2.20. The first kappa shape index (κ1) is 19.4. The van der Waals surface area contributed by atoms with E-state index >= 15 is 0 Å². The molecule has 3 aromatic rings. The van der Waals surface area contributed by atoms with E-state index in [0.29, 0.717) is 15.9 Å². The van der Waals surface area contributed by atoms with Gasteiger partial charge < -0.3 is 4.74 Å². The maximum Gasteiger partial charge on any atom is 0.264 e. The number of aromatic nitrogens is 1. The molecule has 1 aromatic heterocycles. The molecule has 0 saturated carbocycles. The van der Waals surface area contributed by atoms with Crippen LogP contribution >= 0.6 is 54.8 Å². The van der Waals surface area contributed by atoms with E-state index in [1.807, 2.05) is 43.3 Å². The summed E-state index contributed by atoms with van der Waals surface area (Å²) in [6.45, 7) is 1.85. The first-order valence-corrected chi connectivity index (χ1v) is 10.3. The van der Waals surface area contributed by atoms with Crippen molar-refractivity contribution in [2.45, 2.75) is 6.92 Å². The molecule has 1 N–H and O–H groups in total. The van der Waals surface area contributed by atoms with E-state index in [2.05, 4.69) is 42.2 Å². The number of carbonyl (C=O) groups excluding carboxylic acids is 1. The molecule has 0 saturated heterocycles. The van der Waals surface area contributed by atoms with E-state index in [1.54, 1.807) is 6.07 Å². The zero-order valence-electron chi connectivity index (χ0n) is 13.6. The molecule has 0 spiro atoms. The van der Waals surface area contributed by atoms with Gasteiger partial charge in [-0.3, -0.25) is 10.1 Å². The van der Waals surface area contributed by atoms with Gasteiger partial charge in [-0.15, -0.1) is 11.3 Å². The van der Waals surface area contributed by atoms with Crippen LogP contribution in [0.5, 0.6) is 5.75 Å². The van der Waals surface area contributed by atoms with Crippen LogP contribution in [0.2, 0.25) is 5.02 Å². The fourth-order valence-corrected chi connectivity index (χ4v) is 4.45. The van der Waals surface area contributed by atoms with Gasteiger partial charge >= 0.3 is 0 Å². The van der Waals surface area contributed by atoms with Gasteiger partial charge in [-0.1, -0.05) is 39.7 Å². The summed E-state index contributed by atoms with van der Waals surface area (Å²) in [6, 6.07) is 13.0. The number of benzene rings is 2. The smallest absolute Gasteiger partial charge is 0.264 e. The maximum absolute atomic E-state index is 12.2. The lowest BCUT2D eigenvalue weighted by Gasteiger charge is -2.08. The van der Waals surface area contributed by atoms with Gasteiger partial charge in [0.2, 0.25) is 0 Å². The van der Waals surface area contributed by atoms with Crippen LogP contribution in [-0.4, -0.2) is 17.5 Å². The Morgan fingerprint density at radius 3 is 2.81 bits per heavy atom. The van der Waals surface area contributed by atoms with Crippen molar-refractivity contribution >= 4 is 65.8 Å². The Hall–Kier alpha value is -1.41. The fraction of sp³-hybridized carbons (Fsp3) is 0.111. The molecular weight excluding hydrogens is 504 g/mol. The van der Waals surface area contributed by atoms with Gasteiger partial charge in [0.15, 0.2) is 11.7 Å². The molecule has 0 radical (unpaired) electrons. The summed E-state index contributed by atoms with van der Waals surface area (Å²) in [6.07, 6.45) is 0. The summed E-state index contributed by atoms with van der Waals surface area (Å²) >= 11 is 14.2. The molecule has 1 heterocycles. The second-order valence-electron chi connectivity index (χ2n) is 5.35. The largest absolute Gasteiger partial charge is 0.483 e. The summed E-state index contributed by atoms with van der Waals surface area (Å²) in [5, 5.41) is 3.95. The fourth-order valence-electron chi connectivity index (χ4n) is 2.24. The van der Waals surface area contributed by atoms with Gasteiger partial charge in [0.1, 0.15) is 5.75 Å². The van der Waals surface area contributed by atoms with E-state index in [1.165, 1.54) is 11.3 Å². The van der Waals surface area contributed by atoms with E-state index < -0.39 is 0 Å². The third kappa shape index (κ3) is 4.85. The lowest BCUT2D eigenvalue weighted by atomic mass is 10.1. The highest BCUT2D eigenvalue weighted by Gasteiger charge is 2.13. The number of aryl methyl sites for hydroxylation is 1. The van der Waals surface area contributed by atoms with E-state index in [-0.39, 0.29) is 12.5 Å². The van der Waals surface area contributed by atoms with Crippen molar-refractivity contribution in [2.24, 2.45) is 0 Å². The number of rotatable bonds is 5.